The van der Waals surface area contributed by atoms with E-state index in [1.807, 2.05) is 41.7 Å². The van der Waals surface area contributed by atoms with E-state index in [9.17, 15) is 5.11 Å². The number of thioether (sulfide) groups is 2. The highest BCUT2D eigenvalue weighted by Gasteiger charge is 2.15. The number of hydrogen-bond acceptors (Lipinski definition) is 6. The second-order valence-corrected chi connectivity index (χ2v) is 8.22. The van der Waals surface area contributed by atoms with Crippen LogP contribution in [0, 0.1) is 0 Å². The Balaban J connectivity index is 1.72. The molecule has 1 aliphatic heterocycles. The minimum absolute atomic E-state index is 0.354. The van der Waals surface area contributed by atoms with Gasteiger partial charge in [-0.05, 0) is 31.0 Å². The van der Waals surface area contributed by atoms with Gasteiger partial charge >= 0.3 is 0 Å². The van der Waals surface area contributed by atoms with Gasteiger partial charge in [0.15, 0.2) is 0 Å². The van der Waals surface area contributed by atoms with E-state index >= 15 is 0 Å². The molecular weight excluding hydrogens is 340 g/mol. The predicted octanol–water partition coefficient (Wildman–Crippen LogP) is 2.32. The lowest BCUT2D eigenvalue weighted by Gasteiger charge is -2.28. The van der Waals surface area contributed by atoms with E-state index in [0.717, 1.165) is 37.5 Å². The van der Waals surface area contributed by atoms with E-state index in [0.29, 0.717) is 13.2 Å². The van der Waals surface area contributed by atoms with E-state index in [1.165, 1.54) is 23.7 Å². The predicted molar refractivity (Wildman–Crippen MR) is 106 cm³/mol. The molecule has 6 heteroatoms. The smallest absolute Gasteiger partial charge is 0.123 e. The second kappa shape index (κ2) is 12.0. The van der Waals surface area contributed by atoms with E-state index in [1.54, 1.807) is 0 Å². The molecule has 1 aromatic rings. The van der Waals surface area contributed by atoms with Gasteiger partial charge in [0, 0.05) is 43.2 Å². The van der Waals surface area contributed by atoms with Gasteiger partial charge in [-0.3, -0.25) is 4.90 Å². The highest BCUT2D eigenvalue weighted by Crippen LogP contribution is 2.18. The average molecular weight is 371 g/mol. The molecule has 0 radical (unpaired) electrons. The monoisotopic (exact) mass is 370 g/mol. The number of aliphatic hydroxyl groups excluding tert-OH is 1. The molecule has 1 atom stereocenters. The Labute approximate surface area is 154 Å². The average Bonchev–Trinajstić information content (AvgIpc) is 2.61. The topological polar surface area (TPSA) is 44.7 Å². The zero-order chi connectivity index (χ0) is 17.0. The summed E-state index contributed by atoms with van der Waals surface area (Å²) in [6, 6.07) is 8.10. The summed E-state index contributed by atoms with van der Waals surface area (Å²) < 4.78 is 5.89. The molecule has 0 aromatic heterocycles. The summed E-state index contributed by atoms with van der Waals surface area (Å²) in [4.78, 5) is 2.32. The van der Waals surface area contributed by atoms with Crippen LogP contribution in [0.15, 0.2) is 24.3 Å². The molecular formula is C18H30N2O2S2. The lowest BCUT2D eigenvalue weighted by atomic mass is 10.2. The lowest BCUT2D eigenvalue weighted by molar-refractivity contribution is 0.0711. The fraction of sp³-hybridized carbons (Fsp3) is 0.667. The normalized spacial score (nSPS) is 16.9. The van der Waals surface area contributed by atoms with Crippen LogP contribution in [-0.2, 0) is 6.54 Å². The van der Waals surface area contributed by atoms with Crippen molar-refractivity contribution in [2.24, 2.45) is 0 Å². The molecule has 24 heavy (non-hydrogen) atoms. The van der Waals surface area contributed by atoms with Crippen molar-refractivity contribution in [1.29, 1.82) is 0 Å². The number of hydrogen-bond donors (Lipinski definition) is 2. The van der Waals surface area contributed by atoms with Gasteiger partial charge in [-0.15, -0.1) is 0 Å². The fourth-order valence-corrected chi connectivity index (χ4v) is 4.09. The van der Waals surface area contributed by atoms with Crippen molar-refractivity contribution in [3.05, 3.63) is 29.8 Å². The van der Waals surface area contributed by atoms with Crippen LogP contribution in [0.2, 0.25) is 0 Å². The first-order valence-electron chi connectivity index (χ1n) is 8.68. The molecule has 1 saturated heterocycles. The fourth-order valence-electron chi connectivity index (χ4n) is 2.68. The summed E-state index contributed by atoms with van der Waals surface area (Å²) in [5.41, 5.74) is 1.16. The molecule has 0 aliphatic carbocycles. The van der Waals surface area contributed by atoms with Gasteiger partial charge in [0.25, 0.3) is 0 Å². The van der Waals surface area contributed by atoms with Crippen molar-refractivity contribution in [1.82, 2.24) is 10.2 Å². The Bertz CT molecular complexity index is 456. The third-order valence-corrected chi connectivity index (χ3v) is 5.63. The van der Waals surface area contributed by atoms with Crippen LogP contribution in [0.5, 0.6) is 5.75 Å². The van der Waals surface area contributed by atoms with Crippen molar-refractivity contribution >= 4 is 23.5 Å². The molecule has 0 unspecified atom stereocenters. The number of benzene rings is 1. The molecule has 0 amide bonds. The molecule has 4 nitrogen and oxygen atoms in total. The Kier molecular flexibility index (Phi) is 9.99. The minimum Gasteiger partial charge on any atom is -0.491 e. The van der Waals surface area contributed by atoms with Crippen LogP contribution in [0.25, 0.3) is 0 Å². The zero-order valence-electron chi connectivity index (χ0n) is 14.6. The summed E-state index contributed by atoms with van der Waals surface area (Å²) >= 11 is 3.87. The van der Waals surface area contributed by atoms with Crippen LogP contribution in [-0.4, -0.2) is 72.4 Å². The third kappa shape index (κ3) is 7.66. The second-order valence-electron chi connectivity index (χ2n) is 6.01. The molecule has 2 N–H and O–H groups in total. The summed E-state index contributed by atoms with van der Waals surface area (Å²) in [7, 11) is 0. The molecule has 0 saturated carbocycles. The number of nitrogens with zero attached hydrogens (tertiary/aromatic N) is 1. The van der Waals surface area contributed by atoms with Crippen LogP contribution in [0.1, 0.15) is 12.0 Å². The standard InChI is InChI=1S/C18H30N2O2S2/c1-23-10-4-7-19-13-16-5-2-3-6-18(16)22-15-17(21)14-20-8-11-24-12-9-20/h2-3,5-6,17,19,21H,4,7-15H2,1H3/t17-/m1/s1. The van der Waals surface area contributed by atoms with Gasteiger partial charge < -0.3 is 15.2 Å². The van der Waals surface area contributed by atoms with E-state index in [-0.39, 0.29) is 0 Å². The third-order valence-electron chi connectivity index (χ3n) is 3.99. The van der Waals surface area contributed by atoms with Crippen molar-refractivity contribution in [3.63, 3.8) is 0 Å². The van der Waals surface area contributed by atoms with E-state index < -0.39 is 6.10 Å². The van der Waals surface area contributed by atoms with Gasteiger partial charge in [-0.2, -0.15) is 23.5 Å². The Morgan fingerprint density at radius 3 is 2.92 bits per heavy atom. The molecule has 1 aliphatic rings. The van der Waals surface area contributed by atoms with Crippen molar-refractivity contribution in [2.75, 3.05) is 56.3 Å². The summed E-state index contributed by atoms with van der Waals surface area (Å²) in [6.45, 7) is 5.02. The number of ether oxygens (including phenoxy) is 1. The molecule has 1 aromatic carbocycles. The van der Waals surface area contributed by atoms with Crippen molar-refractivity contribution in [2.45, 2.75) is 19.1 Å². The van der Waals surface area contributed by atoms with Crippen LogP contribution < -0.4 is 10.1 Å². The Hall–Kier alpha value is -0.400. The quantitative estimate of drug-likeness (QED) is 0.583. The maximum absolute atomic E-state index is 10.2. The number of para-hydroxylation sites is 1. The zero-order valence-corrected chi connectivity index (χ0v) is 16.2. The van der Waals surface area contributed by atoms with Gasteiger partial charge in [-0.1, -0.05) is 18.2 Å². The Morgan fingerprint density at radius 2 is 2.12 bits per heavy atom. The van der Waals surface area contributed by atoms with E-state index in [2.05, 4.69) is 22.5 Å². The molecule has 0 spiro atoms. The lowest BCUT2D eigenvalue weighted by Crippen LogP contribution is -2.40. The molecule has 136 valence electrons. The first-order chi connectivity index (χ1) is 11.8. The largest absolute Gasteiger partial charge is 0.491 e. The number of aliphatic hydroxyl groups is 1. The van der Waals surface area contributed by atoms with Crippen molar-refractivity contribution in [3.8, 4) is 5.75 Å². The summed E-state index contributed by atoms with van der Waals surface area (Å²) in [5, 5.41) is 13.7. The molecule has 1 fully saturated rings. The first-order valence-corrected chi connectivity index (χ1v) is 11.2. The van der Waals surface area contributed by atoms with Crippen LogP contribution in [0.3, 0.4) is 0 Å². The molecule has 0 bridgehead atoms. The minimum atomic E-state index is -0.435. The van der Waals surface area contributed by atoms with Crippen molar-refractivity contribution < 1.29 is 9.84 Å². The number of β-amino-alcohol motifs (C(OH)–C–C–N with tert-alkyl or cyclic N) is 1. The van der Waals surface area contributed by atoms with E-state index in [4.69, 9.17) is 4.74 Å². The highest BCUT2D eigenvalue weighted by atomic mass is 32.2. The SMILES string of the molecule is CSCCCNCc1ccccc1OC[C@H](O)CN1CCSCC1. The maximum atomic E-state index is 10.2. The molecule has 1 heterocycles. The maximum Gasteiger partial charge on any atom is 0.123 e. The Morgan fingerprint density at radius 1 is 1.33 bits per heavy atom. The van der Waals surface area contributed by atoms with Gasteiger partial charge in [0.2, 0.25) is 0 Å². The van der Waals surface area contributed by atoms with Crippen LogP contribution >= 0.6 is 23.5 Å². The van der Waals surface area contributed by atoms with Gasteiger partial charge in [0.05, 0.1) is 0 Å². The summed E-state index contributed by atoms with van der Waals surface area (Å²) in [5.74, 6) is 4.40. The highest BCUT2D eigenvalue weighted by molar-refractivity contribution is 7.99. The van der Waals surface area contributed by atoms with Gasteiger partial charge in [0.1, 0.15) is 18.5 Å². The van der Waals surface area contributed by atoms with Gasteiger partial charge in [-0.25, -0.2) is 0 Å². The number of rotatable bonds is 11. The van der Waals surface area contributed by atoms with Crippen LogP contribution in [0.4, 0.5) is 0 Å². The first kappa shape index (κ1) is 19.9. The number of nitrogens with one attached hydrogen (secondary N) is 1. The summed E-state index contributed by atoms with van der Waals surface area (Å²) in [6.07, 6.45) is 2.88. The molecule has 2 rings (SSSR count).